The fraction of sp³-hybridized carbons (Fsp3) is 0.333. The number of benzene rings is 2. The summed E-state index contributed by atoms with van der Waals surface area (Å²) in [6.45, 7) is 5.35. The van der Waals surface area contributed by atoms with Crippen LogP contribution < -0.4 is 14.8 Å². The van der Waals surface area contributed by atoms with Crippen LogP contribution in [-0.2, 0) is 6.54 Å². The Hall–Kier alpha value is -2.23. The van der Waals surface area contributed by atoms with E-state index < -0.39 is 0 Å². The molecule has 2 aromatic rings. The molecule has 0 fully saturated rings. The van der Waals surface area contributed by atoms with E-state index in [4.69, 9.17) is 9.47 Å². The molecule has 2 rings (SSSR count). The summed E-state index contributed by atoms with van der Waals surface area (Å²) in [7, 11) is 1.62. The average molecular weight is 303 g/mol. The lowest BCUT2D eigenvalue weighted by atomic mass is 10.2. The highest BCUT2D eigenvalue weighted by molar-refractivity contribution is 5.47. The summed E-state index contributed by atoms with van der Waals surface area (Å²) < 4.78 is 24.7. The van der Waals surface area contributed by atoms with Crippen LogP contribution in [0.4, 0.5) is 10.1 Å². The number of hydrogen-bond acceptors (Lipinski definition) is 3. The third kappa shape index (κ3) is 4.38. The molecular weight excluding hydrogens is 281 g/mol. The van der Waals surface area contributed by atoms with E-state index in [9.17, 15) is 4.39 Å². The van der Waals surface area contributed by atoms with Gasteiger partial charge in [-0.05, 0) is 35.7 Å². The molecule has 0 radical (unpaired) electrons. The molecule has 0 spiro atoms. The first-order valence-corrected chi connectivity index (χ1v) is 7.38. The topological polar surface area (TPSA) is 30.5 Å². The van der Waals surface area contributed by atoms with Crippen molar-refractivity contribution in [2.45, 2.75) is 20.4 Å². The van der Waals surface area contributed by atoms with Crippen LogP contribution >= 0.6 is 0 Å². The molecule has 0 unspecified atom stereocenters. The zero-order chi connectivity index (χ0) is 15.9. The van der Waals surface area contributed by atoms with Crippen molar-refractivity contribution in [1.82, 2.24) is 0 Å². The minimum Gasteiger partial charge on any atom is -0.493 e. The van der Waals surface area contributed by atoms with Gasteiger partial charge in [-0.25, -0.2) is 4.39 Å². The lowest BCUT2D eigenvalue weighted by Crippen LogP contribution is -2.06. The largest absolute Gasteiger partial charge is 0.493 e. The van der Waals surface area contributed by atoms with Gasteiger partial charge in [0.05, 0.1) is 19.4 Å². The Bertz CT molecular complexity index is 614. The van der Waals surface area contributed by atoms with Crippen molar-refractivity contribution >= 4 is 5.69 Å². The number of para-hydroxylation sites is 1. The van der Waals surface area contributed by atoms with Crippen LogP contribution in [0.3, 0.4) is 0 Å². The summed E-state index contributed by atoms with van der Waals surface area (Å²) in [5, 5.41) is 3.08. The molecule has 0 saturated heterocycles. The average Bonchev–Trinajstić information content (AvgIpc) is 2.52. The number of ether oxygens (including phenoxy) is 2. The standard InChI is InChI=1S/C18H22FNO2/c1-13(2)12-22-17-9-8-14(10-18(17)21-3)11-20-16-7-5-4-6-15(16)19/h4-10,13,20H,11-12H2,1-3H3. The maximum absolute atomic E-state index is 13.6. The Morgan fingerprint density at radius 2 is 1.86 bits per heavy atom. The highest BCUT2D eigenvalue weighted by atomic mass is 19.1. The van der Waals surface area contributed by atoms with Crippen molar-refractivity contribution in [2.24, 2.45) is 5.92 Å². The first kappa shape index (κ1) is 16.1. The lowest BCUT2D eigenvalue weighted by Gasteiger charge is -2.14. The SMILES string of the molecule is COc1cc(CNc2ccccc2F)ccc1OCC(C)C. The van der Waals surface area contributed by atoms with Gasteiger partial charge in [-0.3, -0.25) is 0 Å². The molecule has 0 saturated carbocycles. The summed E-state index contributed by atoms with van der Waals surface area (Å²) in [6, 6.07) is 12.4. The smallest absolute Gasteiger partial charge is 0.161 e. The fourth-order valence-corrected chi connectivity index (χ4v) is 2.00. The number of nitrogens with one attached hydrogen (secondary N) is 1. The van der Waals surface area contributed by atoms with Crippen LogP contribution in [-0.4, -0.2) is 13.7 Å². The minimum absolute atomic E-state index is 0.258. The van der Waals surface area contributed by atoms with Gasteiger partial charge >= 0.3 is 0 Å². The van der Waals surface area contributed by atoms with Gasteiger partial charge in [-0.2, -0.15) is 0 Å². The number of anilines is 1. The van der Waals surface area contributed by atoms with E-state index in [-0.39, 0.29) is 5.82 Å². The molecule has 118 valence electrons. The first-order chi connectivity index (χ1) is 10.6. The Kier molecular flexibility index (Phi) is 5.64. The van der Waals surface area contributed by atoms with E-state index >= 15 is 0 Å². The normalized spacial score (nSPS) is 10.6. The van der Waals surface area contributed by atoms with E-state index in [1.54, 1.807) is 25.3 Å². The van der Waals surface area contributed by atoms with Crippen molar-refractivity contribution < 1.29 is 13.9 Å². The first-order valence-electron chi connectivity index (χ1n) is 7.38. The number of halogens is 1. The molecular formula is C18H22FNO2. The second-order valence-electron chi connectivity index (χ2n) is 5.52. The molecule has 2 aromatic carbocycles. The van der Waals surface area contributed by atoms with Crippen molar-refractivity contribution in [1.29, 1.82) is 0 Å². The number of methoxy groups -OCH3 is 1. The van der Waals surface area contributed by atoms with Crippen molar-refractivity contribution in [2.75, 3.05) is 19.0 Å². The zero-order valence-electron chi connectivity index (χ0n) is 13.2. The Balaban J connectivity index is 2.04. The predicted octanol–water partition coefficient (Wildman–Crippen LogP) is 4.48. The van der Waals surface area contributed by atoms with Gasteiger partial charge in [-0.1, -0.05) is 32.0 Å². The predicted molar refractivity (Wildman–Crippen MR) is 87.1 cm³/mol. The Morgan fingerprint density at radius 1 is 1.09 bits per heavy atom. The van der Waals surface area contributed by atoms with Crippen LogP contribution in [0.1, 0.15) is 19.4 Å². The molecule has 0 aliphatic rings. The molecule has 0 aliphatic heterocycles. The summed E-state index contributed by atoms with van der Waals surface area (Å²) in [5.74, 6) is 1.61. The monoisotopic (exact) mass is 303 g/mol. The van der Waals surface area contributed by atoms with Crippen LogP contribution in [0.5, 0.6) is 11.5 Å². The highest BCUT2D eigenvalue weighted by Crippen LogP contribution is 2.29. The molecule has 0 aliphatic carbocycles. The maximum Gasteiger partial charge on any atom is 0.161 e. The summed E-state index contributed by atoms with van der Waals surface area (Å²) >= 11 is 0. The van der Waals surface area contributed by atoms with E-state index in [0.717, 1.165) is 11.3 Å². The summed E-state index contributed by atoms with van der Waals surface area (Å²) in [6.07, 6.45) is 0. The quantitative estimate of drug-likeness (QED) is 0.818. The van der Waals surface area contributed by atoms with Gasteiger partial charge < -0.3 is 14.8 Å². The molecule has 1 N–H and O–H groups in total. The van der Waals surface area contributed by atoms with Gasteiger partial charge in [0.25, 0.3) is 0 Å². The van der Waals surface area contributed by atoms with Gasteiger partial charge in [0.1, 0.15) is 5.82 Å². The molecule has 0 amide bonds. The molecule has 0 heterocycles. The molecule has 22 heavy (non-hydrogen) atoms. The van der Waals surface area contributed by atoms with Gasteiger partial charge in [0.2, 0.25) is 0 Å². The number of rotatable bonds is 7. The molecule has 0 atom stereocenters. The third-order valence-electron chi connectivity index (χ3n) is 3.16. The van der Waals surface area contributed by atoms with Crippen LogP contribution in [0, 0.1) is 11.7 Å². The lowest BCUT2D eigenvalue weighted by molar-refractivity contribution is 0.257. The van der Waals surface area contributed by atoms with E-state index in [1.165, 1.54) is 6.07 Å². The fourth-order valence-electron chi connectivity index (χ4n) is 2.00. The van der Waals surface area contributed by atoms with Gasteiger partial charge in [-0.15, -0.1) is 0 Å². The highest BCUT2D eigenvalue weighted by Gasteiger charge is 2.07. The van der Waals surface area contributed by atoms with Gasteiger partial charge in [0.15, 0.2) is 11.5 Å². The second-order valence-corrected chi connectivity index (χ2v) is 5.52. The molecule has 3 nitrogen and oxygen atoms in total. The maximum atomic E-state index is 13.6. The van der Waals surface area contributed by atoms with Gasteiger partial charge in [0, 0.05) is 6.54 Å². The Labute approximate surface area is 131 Å². The second kappa shape index (κ2) is 7.69. The van der Waals surface area contributed by atoms with Crippen LogP contribution in [0.2, 0.25) is 0 Å². The molecule has 0 bridgehead atoms. The number of hydrogen-bond donors (Lipinski definition) is 1. The summed E-state index contributed by atoms with van der Waals surface area (Å²) in [5.41, 5.74) is 1.48. The van der Waals surface area contributed by atoms with Crippen molar-refractivity contribution in [3.63, 3.8) is 0 Å². The van der Waals surface area contributed by atoms with Crippen molar-refractivity contribution in [3.8, 4) is 11.5 Å². The molecule has 0 aromatic heterocycles. The van der Waals surface area contributed by atoms with Crippen molar-refractivity contribution in [3.05, 3.63) is 53.8 Å². The minimum atomic E-state index is -0.258. The van der Waals surface area contributed by atoms with Crippen LogP contribution in [0.25, 0.3) is 0 Å². The van der Waals surface area contributed by atoms with E-state index in [1.807, 2.05) is 18.2 Å². The Morgan fingerprint density at radius 3 is 2.55 bits per heavy atom. The van der Waals surface area contributed by atoms with E-state index in [0.29, 0.717) is 30.5 Å². The van der Waals surface area contributed by atoms with E-state index in [2.05, 4.69) is 19.2 Å². The van der Waals surface area contributed by atoms with Crippen LogP contribution in [0.15, 0.2) is 42.5 Å². The molecule has 4 heteroatoms. The zero-order valence-corrected chi connectivity index (χ0v) is 13.2. The third-order valence-corrected chi connectivity index (χ3v) is 3.16. The summed E-state index contributed by atoms with van der Waals surface area (Å²) in [4.78, 5) is 0.